The topological polar surface area (TPSA) is 71.7 Å². The molecule has 3 aromatic rings. The van der Waals surface area contributed by atoms with Gasteiger partial charge >= 0.3 is 0 Å². The number of sulfonamides is 1. The van der Waals surface area contributed by atoms with Gasteiger partial charge in [0.15, 0.2) is 4.80 Å². The van der Waals surface area contributed by atoms with Gasteiger partial charge in [-0.2, -0.15) is 9.30 Å². The van der Waals surface area contributed by atoms with Crippen molar-refractivity contribution in [2.24, 2.45) is 4.99 Å². The number of nitrogens with zero attached hydrogens (tertiary/aromatic N) is 3. The molecule has 9 heteroatoms. The molecule has 1 aliphatic rings. The van der Waals surface area contributed by atoms with Crippen molar-refractivity contribution in [1.82, 2.24) is 8.87 Å². The van der Waals surface area contributed by atoms with Gasteiger partial charge in [-0.25, -0.2) is 12.8 Å². The van der Waals surface area contributed by atoms with Gasteiger partial charge in [0.2, 0.25) is 10.0 Å². The molecule has 0 bridgehead atoms. The Labute approximate surface area is 183 Å². The SMILES string of the molecule is C#CCn1c(=NC(=O)C2CCCN2S(=O)(=O)c2ccc(C)cc2)sc2cc(F)ccc21. The number of aryl methyl sites for hydroxylation is 1. The van der Waals surface area contributed by atoms with Crippen LogP contribution in [0.1, 0.15) is 18.4 Å². The van der Waals surface area contributed by atoms with Gasteiger partial charge < -0.3 is 4.57 Å². The van der Waals surface area contributed by atoms with Gasteiger partial charge in [0.05, 0.1) is 21.7 Å². The van der Waals surface area contributed by atoms with Crippen LogP contribution in [-0.2, 0) is 21.4 Å². The fourth-order valence-electron chi connectivity index (χ4n) is 3.67. The van der Waals surface area contributed by atoms with Crippen molar-refractivity contribution in [3.63, 3.8) is 0 Å². The monoisotopic (exact) mass is 457 g/mol. The van der Waals surface area contributed by atoms with Crippen molar-refractivity contribution < 1.29 is 17.6 Å². The molecule has 1 unspecified atom stereocenters. The summed E-state index contributed by atoms with van der Waals surface area (Å²) < 4.78 is 43.4. The molecule has 1 aliphatic heterocycles. The smallest absolute Gasteiger partial charge is 0.266 e. The number of carbonyl (C=O) groups is 1. The molecule has 2 aromatic carbocycles. The van der Waals surface area contributed by atoms with E-state index in [0.29, 0.717) is 27.9 Å². The number of rotatable bonds is 4. The summed E-state index contributed by atoms with van der Waals surface area (Å²) >= 11 is 1.14. The first-order valence-electron chi connectivity index (χ1n) is 9.71. The Balaban J connectivity index is 1.72. The highest BCUT2D eigenvalue weighted by molar-refractivity contribution is 7.89. The molecule has 0 aliphatic carbocycles. The molecule has 0 N–H and O–H groups in total. The van der Waals surface area contributed by atoms with Crippen LogP contribution in [0.25, 0.3) is 10.2 Å². The first-order valence-corrected chi connectivity index (χ1v) is 12.0. The van der Waals surface area contributed by atoms with Crippen LogP contribution in [0.15, 0.2) is 52.4 Å². The van der Waals surface area contributed by atoms with E-state index < -0.39 is 27.8 Å². The normalized spacial score (nSPS) is 17.8. The standard InChI is InChI=1S/C22H20FN3O3S2/c1-3-12-25-18-11-8-16(23)14-20(18)30-22(25)24-21(27)19-5-4-13-26(19)31(28,29)17-9-6-15(2)7-10-17/h1,6-11,14,19H,4-5,12-13H2,2H3. The van der Waals surface area contributed by atoms with E-state index in [1.807, 2.05) is 6.92 Å². The summed E-state index contributed by atoms with van der Waals surface area (Å²) in [6.45, 7) is 2.29. The van der Waals surface area contributed by atoms with E-state index in [4.69, 9.17) is 6.42 Å². The molecule has 2 heterocycles. The summed E-state index contributed by atoms with van der Waals surface area (Å²) in [5.41, 5.74) is 1.62. The van der Waals surface area contributed by atoms with E-state index in [1.54, 1.807) is 34.9 Å². The molecule has 4 rings (SSSR count). The molecular formula is C22H20FN3O3S2. The molecule has 1 aromatic heterocycles. The minimum atomic E-state index is -3.83. The van der Waals surface area contributed by atoms with Gasteiger partial charge in [-0.3, -0.25) is 4.79 Å². The zero-order chi connectivity index (χ0) is 22.2. The van der Waals surface area contributed by atoms with Crippen LogP contribution < -0.4 is 4.80 Å². The average molecular weight is 458 g/mol. The second-order valence-electron chi connectivity index (χ2n) is 7.32. The molecule has 160 valence electrons. The lowest BCUT2D eigenvalue weighted by molar-refractivity contribution is -0.121. The van der Waals surface area contributed by atoms with Crippen molar-refractivity contribution in [3.05, 3.63) is 58.6 Å². The number of halogens is 1. The first-order chi connectivity index (χ1) is 14.8. The molecule has 6 nitrogen and oxygen atoms in total. The van der Waals surface area contributed by atoms with Gasteiger partial charge in [-0.15, -0.1) is 6.42 Å². The van der Waals surface area contributed by atoms with Crippen LogP contribution in [0.5, 0.6) is 0 Å². The quantitative estimate of drug-likeness (QED) is 0.566. The van der Waals surface area contributed by atoms with E-state index in [-0.39, 0.29) is 18.0 Å². The molecule has 31 heavy (non-hydrogen) atoms. The largest absolute Gasteiger partial charge is 0.305 e. The minimum Gasteiger partial charge on any atom is -0.305 e. The Bertz CT molecular complexity index is 1370. The Hall–Kier alpha value is -2.80. The number of terminal acetylenes is 1. The molecule has 1 fully saturated rings. The van der Waals surface area contributed by atoms with Crippen LogP contribution in [0.2, 0.25) is 0 Å². The fraction of sp³-hybridized carbons (Fsp3) is 0.273. The van der Waals surface area contributed by atoms with E-state index in [9.17, 15) is 17.6 Å². The number of hydrogen-bond donors (Lipinski definition) is 0. The van der Waals surface area contributed by atoms with Crippen LogP contribution in [-0.4, -0.2) is 35.8 Å². The molecule has 1 atom stereocenters. The average Bonchev–Trinajstić information content (AvgIpc) is 3.34. The van der Waals surface area contributed by atoms with Crippen molar-refractivity contribution in [1.29, 1.82) is 0 Å². The van der Waals surface area contributed by atoms with Crippen LogP contribution >= 0.6 is 11.3 Å². The summed E-state index contributed by atoms with van der Waals surface area (Å²) in [5, 5.41) is 0. The van der Waals surface area contributed by atoms with E-state index in [0.717, 1.165) is 16.9 Å². The third kappa shape index (κ3) is 4.06. The molecule has 1 saturated heterocycles. The Morgan fingerprint density at radius 1 is 1.29 bits per heavy atom. The fourth-order valence-corrected chi connectivity index (χ4v) is 6.38. The number of aromatic nitrogens is 1. The number of hydrogen-bond acceptors (Lipinski definition) is 4. The Kier molecular flexibility index (Phi) is 5.79. The van der Waals surface area contributed by atoms with Gasteiger partial charge in [-0.05, 0) is 50.1 Å². The lowest BCUT2D eigenvalue weighted by Crippen LogP contribution is -2.40. The molecule has 1 amide bonds. The first kappa shape index (κ1) is 21.4. The third-order valence-electron chi connectivity index (χ3n) is 5.22. The zero-order valence-electron chi connectivity index (χ0n) is 16.8. The minimum absolute atomic E-state index is 0.150. The van der Waals surface area contributed by atoms with E-state index in [2.05, 4.69) is 10.9 Å². The lowest BCUT2D eigenvalue weighted by Gasteiger charge is -2.21. The van der Waals surface area contributed by atoms with Crippen molar-refractivity contribution in [3.8, 4) is 12.3 Å². The zero-order valence-corrected chi connectivity index (χ0v) is 18.4. The van der Waals surface area contributed by atoms with Gasteiger partial charge in [0.1, 0.15) is 11.9 Å². The maximum absolute atomic E-state index is 13.6. The summed E-state index contributed by atoms with van der Waals surface area (Å²) in [5.74, 6) is 1.57. The number of thiazole rings is 1. The van der Waals surface area contributed by atoms with E-state index >= 15 is 0 Å². The number of amides is 1. The van der Waals surface area contributed by atoms with Crippen LogP contribution in [0.3, 0.4) is 0 Å². The second kappa shape index (κ2) is 8.38. The second-order valence-corrected chi connectivity index (χ2v) is 10.2. The molecule has 0 spiro atoms. The predicted octanol–water partition coefficient (Wildman–Crippen LogP) is 3.06. The van der Waals surface area contributed by atoms with Crippen LogP contribution in [0.4, 0.5) is 4.39 Å². The highest BCUT2D eigenvalue weighted by atomic mass is 32.2. The van der Waals surface area contributed by atoms with E-state index in [1.165, 1.54) is 16.4 Å². The highest BCUT2D eigenvalue weighted by Gasteiger charge is 2.39. The predicted molar refractivity (Wildman–Crippen MR) is 117 cm³/mol. The molecular weight excluding hydrogens is 437 g/mol. The molecule has 0 radical (unpaired) electrons. The van der Waals surface area contributed by atoms with Crippen LogP contribution in [0, 0.1) is 25.1 Å². The number of benzene rings is 2. The van der Waals surface area contributed by atoms with Crippen molar-refractivity contribution >= 4 is 37.5 Å². The Morgan fingerprint density at radius 3 is 2.74 bits per heavy atom. The lowest BCUT2D eigenvalue weighted by atomic mass is 10.2. The summed E-state index contributed by atoms with van der Waals surface area (Å²) in [6.07, 6.45) is 6.42. The van der Waals surface area contributed by atoms with Gasteiger partial charge in [0, 0.05) is 6.54 Å². The maximum atomic E-state index is 13.6. The summed E-state index contributed by atoms with van der Waals surface area (Å²) in [6, 6.07) is 9.93. The van der Waals surface area contributed by atoms with Gasteiger partial charge in [-0.1, -0.05) is 35.0 Å². The van der Waals surface area contributed by atoms with Crippen molar-refractivity contribution in [2.75, 3.05) is 6.54 Å². The summed E-state index contributed by atoms with van der Waals surface area (Å²) in [4.78, 5) is 17.7. The van der Waals surface area contributed by atoms with Gasteiger partial charge in [0.25, 0.3) is 5.91 Å². The number of carbonyl (C=O) groups excluding carboxylic acids is 1. The third-order valence-corrected chi connectivity index (χ3v) is 8.18. The molecule has 0 saturated carbocycles. The number of fused-ring (bicyclic) bond motifs is 1. The van der Waals surface area contributed by atoms with Crippen molar-refractivity contribution in [2.45, 2.75) is 37.2 Å². The summed E-state index contributed by atoms with van der Waals surface area (Å²) in [7, 11) is -3.83. The maximum Gasteiger partial charge on any atom is 0.266 e. The Morgan fingerprint density at radius 2 is 2.03 bits per heavy atom. The highest BCUT2D eigenvalue weighted by Crippen LogP contribution is 2.27.